The van der Waals surface area contributed by atoms with E-state index in [-0.39, 0.29) is 0 Å². The van der Waals surface area contributed by atoms with Crippen molar-refractivity contribution in [1.82, 2.24) is 5.32 Å². The van der Waals surface area contributed by atoms with E-state index in [1.165, 1.54) is 4.88 Å². The summed E-state index contributed by atoms with van der Waals surface area (Å²) in [7, 11) is 0. The topological polar surface area (TPSA) is 21.3 Å². The molecule has 0 bridgehead atoms. The summed E-state index contributed by atoms with van der Waals surface area (Å²) in [5, 5.41) is 5.62. The van der Waals surface area contributed by atoms with Crippen molar-refractivity contribution in [2.24, 2.45) is 0 Å². The maximum absolute atomic E-state index is 5.52. The summed E-state index contributed by atoms with van der Waals surface area (Å²) in [5.41, 5.74) is 0. The zero-order valence-electron chi connectivity index (χ0n) is 9.66. The van der Waals surface area contributed by atoms with E-state index in [0.717, 1.165) is 32.6 Å². The Hall–Kier alpha value is -0.380. The van der Waals surface area contributed by atoms with Crippen LogP contribution < -0.4 is 5.32 Å². The third kappa shape index (κ3) is 4.78. The molecule has 1 aromatic rings. The van der Waals surface area contributed by atoms with Crippen LogP contribution in [0.3, 0.4) is 0 Å². The third-order valence-corrected chi connectivity index (χ3v) is 3.22. The van der Waals surface area contributed by atoms with Crippen molar-refractivity contribution in [2.45, 2.75) is 32.7 Å². The van der Waals surface area contributed by atoms with E-state index in [0.29, 0.717) is 6.04 Å². The lowest BCUT2D eigenvalue weighted by molar-refractivity contribution is 0.125. The van der Waals surface area contributed by atoms with Crippen molar-refractivity contribution in [1.29, 1.82) is 0 Å². The molecule has 3 heteroatoms. The lowest BCUT2D eigenvalue weighted by atomic mass is 10.2. The number of rotatable bonds is 8. The van der Waals surface area contributed by atoms with Crippen molar-refractivity contribution in [3.63, 3.8) is 0 Å². The van der Waals surface area contributed by atoms with Gasteiger partial charge in [0, 0.05) is 24.1 Å². The van der Waals surface area contributed by atoms with Crippen LogP contribution in [-0.2, 0) is 4.74 Å². The van der Waals surface area contributed by atoms with Crippen LogP contribution in [0, 0.1) is 0 Å². The first-order valence-corrected chi connectivity index (χ1v) is 6.61. The second-order valence-electron chi connectivity index (χ2n) is 3.53. The van der Waals surface area contributed by atoms with Gasteiger partial charge in [-0.1, -0.05) is 19.9 Å². The van der Waals surface area contributed by atoms with Crippen LogP contribution in [-0.4, -0.2) is 19.8 Å². The SMILES string of the molecule is CCCOCCC(NCC)c1cccs1. The van der Waals surface area contributed by atoms with E-state index in [1.807, 2.05) is 11.3 Å². The van der Waals surface area contributed by atoms with E-state index in [2.05, 4.69) is 36.7 Å². The highest BCUT2D eigenvalue weighted by molar-refractivity contribution is 7.10. The highest BCUT2D eigenvalue weighted by Crippen LogP contribution is 2.21. The van der Waals surface area contributed by atoms with E-state index in [1.54, 1.807) is 0 Å². The lowest BCUT2D eigenvalue weighted by Crippen LogP contribution is -2.21. The standard InChI is InChI=1S/C12H21NOS/c1-3-8-14-9-7-11(13-4-2)12-6-5-10-15-12/h5-6,10-11,13H,3-4,7-9H2,1-2H3. The maximum atomic E-state index is 5.52. The minimum absolute atomic E-state index is 0.465. The summed E-state index contributed by atoms with van der Waals surface area (Å²) >= 11 is 1.82. The van der Waals surface area contributed by atoms with Gasteiger partial charge in [0.2, 0.25) is 0 Å². The minimum Gasteiger partial charge on any atom is -0.381 e. The van der Waals surface area contributed by atoms with Crippen molar-refractivity contribution >= 4 is 11.3 Å². The first-order chi connectivity index (χ1) is 7.38. The van der Waals surface area contributed by atoms with Gasteiger partial charge in [-0.15, -0.1) is 11.3 Å². The van der Waals surface area contributed by atoms with E-state index >= 15 is 0 Å². The molecule has 1 unspecified atom stereocenters. The molecule has 1 heterocycles. The highest BCUT2D eigenvalue weighted by atomic mass is 32.1. The van der Waals surface area contributed by atoms with Crippen LogP contribution >= 0.6 is 11.3 Å². The summed E-state index contributed by atoms with van der Waals surface area (Å²) in [6.45, 7) is 7.03. The van der Waals surface area contributed by atoms with Gasteiger partial charge in [-0.2, -0.15) is 0 Å². The Labute approximate surface area is 96.7 Å². The molecule has 0 aliphatic carbocycles. The molecule has 1 rings (SSSR count). The quantitative estimate of drug-likeness (QED) is 0.689. The normalized spacial score (nSPS) is 12.9. The highest BCUT2D eigenvalue weighted by Gasteiger charge is 2.10. The first kappa shape index (κ1) is 12.7. The van der Waals surface area contributed by atoms with Gasteiger partial charge in [0.15, 0.2) is 0 Å². The smallest absolute Gasteiger partial charge is 0.0484 e. The monoisotopic (exact) mass is 227 g/mol. The molecule has 0 amide bonds. The molecule has 1 N–H and O–H groups in total. The summed E-state index contributed by atoms with van der Waals surface area (Å²) in [4.78, 5) is 1.41. The molecule has 1 aromatic heterocycles. The summed E-state index contributed by atoms with van der Waals surface area (Å²) in [5.74, 6) is 0. The van der Waals surface area contributed by atoms with Gasteiger partial charge in [0.1, 0.15) is 0 Å². The van der Waals surface area contributed by atoms with Gasteiger partial charge >= 0.3 is 0 Å². The molecule has 15 heavy (non-hydrogen) atoms. The molecule has 0 radical (unpaired) electrons. The van der Waals surface area contributed by atoms with E-state index < -0.39 is 0 Å². The van der Waals surface area contributed by atoms with Crippen LogP contribution in [0.1, 0.15) is 37.6 Å². The van der Waals surface area contributed by atoms with Gasteiger partial charge in [0.05, 0.1) is 0 Å². The molecule has 0 saturated heterocycles. The van der Waals surface area contributed by atoms with Gasteiger partial charge in [-0.25, -0.2) is 0 Å². The molecular weight excluding hydrogens is 206 g/mol. The predicted molar refractivity (Wildman–Crippen MR) is 66.5 cm³/mol. The zero-order chi connectivity index (χ0) is 10.9. The van der Waals surface area contributed by atoms with Crippen LogP contribution in [0.15, 0.2) is 17.5 Å². The van der Waals surface area contributed by atoms with Crippen LogP contribution in [0.2, 0.25) is 0 Å². The molecule has 0 aliphatic rings. The Morgan fingerprint density at radius 3 is 2.87 bits per heavy atom. The van der Waals surface area contributed by atoms with Gasteiger partial charge < -0.3 is 10.1 Å². The Balaban J connectivity index is 2.31. The van der Waals surface area contributed by atoms with Gasteiger partial charge in [-0.05, 0) is 30.8 Å². The fraction of sp³-hybridized carbons (Fsp3) is 0.667. The Kier molecular flexibility index (Phi) is 6.64. The van der Waals surface area contributed by atoms with Crippen LogP contribution in [0.5, 0.6) is 0 Å². The molecule has 0 aliphatic heterocycles. The van der Waals surface area contributed by atoms with Crippen LogP contribution in [0.4, 0.5) is 0 Å². The number of nitrogens with one attached hydrogen (secondary N) is 1. The van der Waals surface area contributed by atoms with Crippen molar-refractivity contribution in [3.8, 4) is 0 Å². The van der Waals surface area contributed by atoms with Crippen molar-refractivity contribution in [2.75, 3.05) is 19.8 Å². The molecular formula is C12H21NOS. The molecule has 2 nitrogen and oxygen atoms in total. The summed E-state index contributed by atoms with van der Waals surface area (Å²) < 4.78 is 5.52. The number of hydrogen-bond acceptors (Lipinski definition) is 3. The fourth-order valence-electron chi connectivity index (χ4n) is 1.53. The van der Waals surface area contributed by atoms with E-state index in [4.69, 9.17) is 4.74 Å². The molecule has 0 fully saturated rings. The average Bonchev–Trinajstić information content (AvgIpc) is 2.76. The lowest BCUT2D eigenvalue weighted by Gasteiger charge is -2.16. The Morgan fingerprint density at radius 1 is 1.40 bits per heavy atom. The number of thiophene rings is 1. The Morgan fingerprint density at radius 2 is 2.27 bits per heavy atom. The summed E-state index contributed by atoms with van der Waals surface area (Å²) in [6.07, 6.45) is 2.17. The molecule has 1 atom stereocenters. The minimum atomic E-state index is 0.465. The van der Waals surface area contributed by atoms with Crippen molar-refractivity contribution < 1.29 is 4.74 Å². The van der Waals surface area contributed by atoms with E-state index in [9.17, 15) is 0 Å². The zero-order valence-corrected chi connectivity index (χ0v) is 10.5. The van der Waals surface area contributed by atoms with Gasteiger partial charge in [0.25, 0.3) is 0 Å². The number of hydrogen-bond donors (Lipinski definition) is 1. The molecule has 0 saturated carbocycles. The molecule has 0 aromatic carbocycles. The largest absolute Gasteiger partial charge is 0.381 e. The fourth-order valence-corrected chi connectivity index (χ4v) is 2.37. The molecule has 0 spiro atoms. The van der Waals surface area contributed by atoms with Crippen LogP contribution in [0.25, 0.3) is 0 Å². The summed E-state index contributed by atoms with van der Waals surface area (Å²) in [6, 6.07) is 4.77. The second kappa shape index (κ2) is 7.85. The predicted octanol–water partition coefficient (Wildman–Crippen LogP) is 3.22. The average molecular weight is 227 g/mol. The third-order valence-electron chi connectivity index (χ3n) is 2.24. The Bertz CT molecular complexity index is 236. The number of ether oxygens (including phenoxy) is 1. The second-order valence-corrected chi connectivity index (χ2v) is 4.51. The van der Waals surface area contributed by atoms with Gasteiger partial charge in [-0.3, -0.25) is 0 Å². The van der Waals surface area contributed by atoms with Crippen molar-refractivity contribution in [3.05, 3.63) is 22.4 Å². The first-order valence-electron chi connectivity index (χ1n) is 5.73. The maximum Gasteiger partial charge on any atom is 0.0484 e. The molecule has 86 valence electrons.